The summed E-state index contributed by atoms with van der Waals surface area (Å²) in [6, 6.07) is 12.0. The number of anilines is 2. The number of hydrogen-bond acceptors (Lipinski definition) is 12. The van der Waals surface area contributed by atoms with Crippen molar-refractivity contribution in [3.05, 3.63) is 48.8 Å². The summed E-state index contributed by atoms with van der Waals surface area (Å²) in [5, 5.41) is 15.6. The van der Waals surface area contributed by atoms with Crippen LogP contribution in [0.4, 0.5) is 16.2 Å². The van der Waals surface area contributed by atoms with Gasteiger partial charge in [-0.1, -0.05) is 63.1 Å². The van der Waals surface area contributed by atoms with Crippen molar-refractivity contribution in [3.63, 3.8) is 0 Å². The molecule has 1 saturated heterocycles. The molecule has 6 atom stereocenters. The van der Waals surface area contributed by atoms with E-state index in [4.69, 9.17) is 42.8 Å². The summed E-state index contributed by atoms with van der Waals surface area (Å²) in [5.74, 6) is 2.10. The number of benzene rings is 2. The van der Waals surface area contributed by atoms with Crippen LogP contribution in [0.25, 0.3) is 21.9 Å². The van der Waals surface area contributed by atoms with E-state index >= 15 is 4.39 Å². The van der Waals surface area contributed by atoms with Crippen molar-refractivity contribution in [1.29, 1.82) is 0 Å². The quantitative estimate of drug-likeness (QED) is 0.0891. The van der Waals surface area contributed by atoms with E-state index in [0.29, 0.717) is 17.1 Å². The second kappa shape index (κ2) is 13.6. The number of nitrogens with zero attached hydrogens (tertiary/aromatic N) is 5. The predicted molar refractivity (Wildman–Crippen MR) is 178 cm³/mol. The molecule has 0 saturated carbocycles. The molecule has 248 valence electrons. The Morgan fingerprint density at radius 1 is 1.32 bits per heavy atom. The van der Waals surface area contributed by atoms with Crippen LogP contribution in [0.5, 0.6) is 5.75 Å². The SMILES string of the molecule is C#C[C@@]1(F)[C@H](O)[C@@H](CO[P+](=S)N(Oc2cccc3ccccc23)[C@@H](C)C(=O)OCC(C)(C)C)O[C@H]1n1cnc2c(NC)nc(N)nc21. The maximum atomic E-state index is 16.3. The number of halogens is 1. The molecule has 4 aromatic rings. The normalized spacial score (nSPS) is 22.3. The van der Waals surface area contributed by atoms with E-state index < -0.39 is 49.8 Å². The lowest BCUT2D eigenvalue weighted by Crippen LogP contribution is -2.42. The molecule has 5 rings (SSSR count). The van der Waals surface area contributed by atoms with E-state index in [9.17, 15) is 9.90 Å². The number of nitrogens with two attached hydrogens (primary N) is 1. The molecule has 13 nitrogen and oxygen atoms in total. The predicted octanol–water partition coefficient (Wildman–Crippen LogP) is 4.27. The maximum absolute atomic E-state index is 16.3. The molecule has 1 fully saturated rings. The van der Waals surface area contributed by atoms with Gasteiger partial charge in [-0.3, -0.25) is 9.36 Å². The minimum atomic E-state index is -2.71. The van der Waals surface area contributed by atoms with Crippen LogP contribution in [-0.2, 0) is 30.6 Å². The summed E-state index contributed by atoms with van der Waals surface area (Å²) in [6.07, 6.45) is 2.22. The number of aromatic nitrogens is 4. The van der Waals surface area contributed by atoms with Gasteiger partial charge in [-0.05, 0) is 23.8 Å². The molecule has 1 aliphatic rings. The fraction of sp³-hybridized carbons (Fsp3) is 0.419. The van der Waals surface area contributed by atoms with Crippen molar-refractivity contribution in [2.45, 2.75) is 57.8 Å². The van der Waals surface area contributed by atoms with Gasteiger partial charge < -0.3 is 30.5 Å². The first kappa shape index (κ1) is 34.3. The van der Waals surface area contributed by atoms with Gasteiger partial charge >= 0.3 is 13.0 Å². The number of hydroxylamine groups is 1. The van der Waals surface area contributed by atoms with Gasteiger partial charge in [0, 0.05) is 12.4 Å². The number of hydrogen-bond donors (Lipinski definition) is 3. The Morgan fingerprint density at radius 2 is 2.04 bits per heavy atom. The molecule has 0 radical (unpaired) electrons. The highest BCUT2D eigenvalue weighted by Gasteiger charge is 2.58. The number of carbonyl (C=O) groups is 1. The van der Waals surface area contributed by atoms with Crippen LogP contribution in [0.2, 0.25) is 0 Å². The molecule has 2 aromatic carbocycles. The number of fused-ring (bicyclic) bond motifs is 2. The maximum Gasteiger partial charge on any atom is 0.480 e. The van der Waals surface area contributed by atoms with Gasteiger partial charge in [-0.15, -0.1) is 10.9 Å². The Morgan fingerprint density at radius 3 is 2.74 bits per heavy atom. The second-order valence-corrected chi connectivity index (χ2v) is 14.2. The van der Waals surface area contributed by atoms with Crippen molar-refractivity contribution in [3.8, 4) is 18.1 Å². The van der Waals surface area contributed by atoms with Crippen LogP contribution < -0.4 is 15.9 Å². The molecule has 1 unspecified atom stereocenters. The molecular formula is C31H36FN7O6PS+. The Labute approximate surface area is 277 Å². The summed E-state index contributed by atoms with van der Waals surface area (Å²) < 4.78 is 35.1. The van der Waals surface area contributed by atoms with Crippen LogP contribution in [0.15, 0.2) is 48.8 Å². The first-order valence-corrected chi connectivity index (χ1v) is 16.9. The van der Waals surface area contributed by atoms with Crippen LogP contribution in [-0.4, -0.2) is 79.6 Å². The van der Waals surface area contributed by atoms with Gasteiger partial charge in [-0.2, -0.15) is 9.97 Å². The fourth-order valence-corrected chi connectivity index (χ4v) is 6.54. The standard InChI is InChI=1S/C31H36FN7O6PS/c1-7-31(32)24(40)22(44-28(31)38-17-35-23-25(34-6)36-29(33)37-26(23)38)15-43-46(47)39(18(2)27(41)42-16-30(3,4)5)45-21-14-10-12-19-11-8-9-13-20(19)21/h1,8-14,17-18,22,24,28,40H,15-16H2,2-6H3,(H3,33,34,36,37)/q+1/t18-,22+,24+,28+,31+/m0/s1. The lowest BCUT2D eigenvalue weighted by Gasteiger charge is -2.23. The zero-order valence-electron chi connectivity index (χ0n) is 26.5. The average Bonchev–Trinajstić information content (AvgIpc) is 3.57. The highest BCUT2D eigenvalue weighted by atomic mass is 32.4. The summed E-state index contributed by atoms with van der Waals surface area (Å²) in [4.78, 5) is 33.2. The smallest absolute Gasteiger partial charge is 0.464 e. The molecule has 0 bridgehead atoms. The molecule has 4 N–H and O–H groups in total. The van der Waals surface area contributed by atoms with Crippen molar-refractivity contribution in [1.82, 2.24) is 24.4 Å². The fourth-order valence-electron chi connectivity index (χ4n) is 4.91. The van der Waals surface area contributed by atoms with Crippen LogP contribution >= 0.6 is 7.07 Å². The molecule has 0 amide bonds. The average molecular weight is 685 g/mol. The zero-order valence-corrected chi connectivity index (χ0v) is 28.2. The highest BCUT2D eigenvalue weighted by Crippen LogP contribution is 2.44. The van der Waals surface area contributed by atoms with E-state index in [-0.39, 0.29) is 23.6 Å². The molecule has 1 aliphatic heterocycles. The largest absolute Gasteiger partial charge is 0.480 e. The number of alkyl halides is 1. The van der Waals surface area contributed by atoms with Crippen LogP contribution in [0.1, 0.15) is 33.9 Å². The molecule has 47 heavy (non-hydrogen) atoms. The van der Waals surface area contributed by atoms with Gasteiger partial charge in [0.1, 0.15) is 18.8 Å². The third kappa shape index (κ3) is 6.99. The first-order valence-electron chi connectivity index (χ1n) is 14.7. The van der Waals surface area contributed by atoms with Gasteiger partial charge in [0.15, 0.2) is 35.0 Å². The molecule has 3 heterocycles. The van der Waals surface area contributed by atoms with Gasteiger partial charge in [0.25, 0.3) is 0 Å². The minimum absolute atomic E-state index is 0.0922. The Bertz CT molecular complexity index is 1840. The number of carbonyl (C=O) groups excluding carboxylic acids is 1. The summed E-state index contributed by atoms with van der Waals surface area (Å²) in [5.41, 5.74) is 3.30. The molecule has 2 aromatic heterocycles. The number of aliphatic hydroxyl groups excluding tert-OH is 1. The topological polar surface area (TPSA) is 159 Å². The van der Waals surface area contributed by atoms with Crippen molar-refractivity contribution >= 4 is 58.6 Å². The number of ether oxygens (including phenoxy) is 2. The van der Waals surface area contributed by atoms with Gasteiger partial charge in [-0.25, -0.2) is 9.37 Å². The lowest BCUT2D eigenvalue weighted by molar-refractivity contribution is -0.157. The minimum Gasteiger partial charge on any atom is -0.464 e. The van der Waals surface area contributed by atoms with Gasteiger partial charge in [0.2, 0.25) is 23.4 Å². The van der Waals surface area contributed by atoms with E-state index in [2.05, 4.69) is 20.3 Å². The molecule has 0 spiro atoms. The molecule has 0 aliphatic carbocycles. The number of nitrogen functional groups attached to an aromatic ring is 1. The summed E-state index contributed by atoms with van der Waals surface area (Å²) in [6.45, 7) is 7.16. The van der Waals surface area contributed by atoms with E-state index in [1.165, 1.54) is 15.7 Å². The lowest BCUT2D eigenvalue weighted by atomic mass is 9.97. The summed E-state index contributed by atoms with van der Waals surface area (Å²) in [7, 11) is -0.518. The summed E-state index contributed by atoms with van der Waals surface area (Å²) >= 11 is 5.72. The third-order valence-corrected chi connectivity index (χ3v) is 9.29. The van der Waals surface area contributed by atoms with Crippen LogP contribution in [0.3, 0.4) is 0 Å². The third-order valence-electron chi connectivity index (χ3n) is 7.37. The zero-order chi connectivity index (χ0) is 34.1. The molecular weight excluding hydrogens is 648 g/mol. The Balaban J connectivity index is 1.39. The van der Waals surface area contributed by atoms with Gasteiger partial charge in [0.05, 0.1) is 17.8 Å². The van der Waals surface area contributed by atoms with E-state index in [1.54, 1.807) is 20.0 Å². The number of rotatable bonds is 11. The number of aliphatic hydroxyl groups is 1. The number of terminal acetylenes is 1. The van der Waals surface area contributed by atoms with Crippen molar-refractivity contribution in [2.75, 3.05) is 31.3 Å². The monoisotopic (exact) mass is 684 g/mol. The Kier molecular flexibility index (Phi) is 9.93. The molecule has 16 heteroatoms. The van der Waals surface area contributed by atoms with Crippen LogP contribution in [0, 0.1) is 17.8 Å². The van der Waals surface area contributed by atoms with E-state index in [0.717, 1.165) is 10.8 Å². The Hall–Kier alpha value is -4.03. The first-order chi connectivity index (χ1) is 22.3. The highest BCUT2D eigenvalue weighted by molar-refractivity contribution is 8.01. The van der Waals surface area contributed by atoms with Crippen molar-refractivity contribution in [2.24, 2.45) is 5.41 Å². The number of imidazole rings is 1. The number of esters is 1. The second-order valence-electron chi connectivity index (χ2n) is 12.1. The number of nitrogens with one attached hydrogen (secondary N) is 1. The van der Waals surface area contributed by atoms with Crippen molar-refractivity contribution < 1.29 is 33.1 Å². The van der Waals surface area contributed by atoms with E-state index in [1.807, 2.05) is 63.1 Å².